The summed E-state index contributed by atoms with van der Waals surface area (Å²) in [5.41, 5.74) is 1.73. The van der Waals surface area contributed by atoms with Gasteiger partial charge in [0.2, 0.25) is 0 Å². The zero-order valence-electron chi connectivity index (χ0n) is 17.2. The Morgan fingerprint density at radius 2 is 2.00 bits per heavy atom. The summed E-state index contributed by atoms with van der Waals surface area (Å²) in [5.74, 6) is 0.115. The van der Waals surface area contributed by atoms with E-state index in [-0.39, 0.29) is 12.0 Å². The number of methoxy groups -OCH3 is 1. The Kier molecular flexibility index (Phi) is 5.78. The Morgan fingerprint density at radius 1 is 1.26 bits per heavy atom. The summed E-state index contributed by atoms with van der Waals surface area (Å²) in [7, 11) is 1.52. The van der Waals surface area contributed by atoms with Gasteiger partial charge in [-0.3, -0.25) is 4.79 Å². The van der Waals surface area contributed by atoms with Crippen LogP contribution in [0.2, 0.25) is 0 Å². The SMILES string of the molecule is CCOC(=O)N1CCc2c(sc(NC(=O)c3cc4ccccc4cc3OC)c2C#N)C1. The standard InChI is InChI=1S/C23H21N3O4S/c1-3-30-23(28)26-9-8-16-18(12-24)22(31-20(16)13-26)25-21(27)17-10-14-6-4-5-7-15(14)11-19(17)29-2/h4-7,10-11H,3,8-9,13H2,1-2H3,(H,25,27). The van der Waals surface area contributed by atoms with Crippen molar-refractivity contribution in [2.45, 2.75) is 19.9 Å². The average molecular weight is 436 g/mol. The zero-order valence-corrected chi connectivity index (χ0v) is 18.0. The van der Waals surface area contributed by atoms with E-state index in [1.165, 1.54) is 18.4 Å². The van der Waals surface area contributed by atoms with Crippen LogP contribution in [0.3, 0.4) is 0 Å². The number of carbonyl (C=O) groups is 2. The normalized spacial score (nSPS) is 12.7. The average Bonchev–Trinajstić information content (AvgIpc) is 3.14. The molecule has 1 aromatic heterocycles. The van der Waals surface area contributed by atoms with Gasteiger partial charge in [0, 0.05) is 11.4 Å². The molecule has 2 amide bonds. The third kappa shape index (κ3) is 3.92. The largest absolute Gasteiger partial charge is 0.496 e. The van der Waals surface area contributed by atoms with Gasteiger partial charge in [-0.2, -0.15) is 5.26 Å². The molecule has 2 aromatic carbocycles. The van der Waals surface area contributed by atoms with E-state index in [0.717, 1.165) is 21.2 Å². The van der Waals surface area contributed by atoms with Gasteiger partial charge in [-0.15, -0.1) is 11.3 Å². The number of hydrogen-bond donors (Lipinski definition) is 1. The van der Waals surface area contributed by atoms with Crippen LogP contribution in [0, 0.1) is 11.3 Å². The highest BCUT2D eigenvalue weighted by Crippen LogP contribution is 2.37. The van der Waals surface area contributed by atoms with Crippen molar-refractivity contribution in [1.29, 1.82) is 5.26 Å². The molecule has 2 heterocycles. The summed E-state index contributed by atoms with van der Waals surface area (Å²) in [6.45, 7) is 2.91. The van der Waals surface area contributed by atoms with E-state index in [1.54, 1.807) is 17.9 Å². The second-order valence-electron chi connectivity index (χ2n) is 7.04. The number of rotatable bonds is 4. The molecule has 1 aliphatic rings. The van der Waals surface area contributed by atoms with Crippen molar-refractivity contribution in [1.82, 2.24) is 4.90 Å². The van der Waals surface area contributed by atoms with Crippen molar-refractivity contribution >= 4 is 39.1 Å². The van der Waals surface area contributed by atoms with Gasteiger partial charge in [-0.25, -0.2) is 4.79 Å². The minimum absolute atomic E-state index is 0.310. The topological polar surface area (TPSA) is 91.7 Å². The van der Waals surface area contributed by atoms with Crippen LogP contribution in [0.15, 0.2) is 36.4 Å². The van der Waals surface area contributed by atoms with Crippen molar-refractivity contribution in [2.75, 3.05) is 25.6 Å². The predicted molar refractivity (Wildman–Crippen MR) is 119 cm³/mol. The van der Waals surface area contributed by atoms with Gasteiger partial charge < -0.3 is 19.7 Å². The minimum atomic E-state index is -0.369. The first-order valence-electron chi connectivity index (χ1n) is 9.90. The number of benzene rings is 2. The molecule has 7 nitrogen and oxygen atoms in total. The number of anilines is 1. The Bertz CT molecular complexity index is 1210. The van der Waals surface area contributed by atoms with E-state index in [0.29, 0.717) is 48.0 Å². The lowest BCUT2D eigenvalue weighted by molar-refractivity contribution is 0.102. The summed E-state index contributed by atoms with van der Waals surface area (Å²) >= 11 is 1.32. The number of amides is 2. The molecule has 0 saturated carbocycles. The van der Waals surface area contributed by atoms with Crippen molar-refractivity contribution in [3.05, 3.63) is 58.0 Å². The number of nitrogens with zero attached hydrogens (tertiary/aromatic N) is 2. The molecular weight excluding hydrogens is 414 g/mol. The summed E-state index contributed by atoms with van der Waals surface area (Å²) < 4.78 is 10.5. The van der Waals surface area contributed by atoms with Gasteiger partial charge in [0.05, 0.1) is 31.4 Å². The van der Waals surface area contributed by atoms with Crippen LogP contribution in [0.25, 0.3) is 10.8 Å². The second kappa shape index (κ2) is 8.66. The number of hydrogen-bond acceptors (Lipinski definition) is 6. The van der Waals surface area contributed by atoms with E-state index in [9.17, 15) is 14.9 Å². The second-order valence-corrected chi connectivity index (χ2v) is 8.15. The fourth-order valence-electron chi connectivity index (χ4n) is 3.72. The highest BCUT2D eigenvalue weighted by atomic mass is 32.1. The molecule has 0 fully saturated rings. The fraction of sp³-hybridized carbons (Fsp3) is 0.261. The quantitative estimate of drug-likeness (QED) is 0.649. The minimum Gasteiger partial charge on any atom is -0.496 e. The van der Waals surface area contributed by atoms with Gasteiger partial charge in [0.15, 0.2) is 0 Å². The molecule has 3 aromatic rings. The molecule has 0 spiro atoms. The van der Waals surface area contributed by atoms with E-state index in [1.807, 2.05) is 30.3 Å². The Morgan fingerprint density at radius 3 is 2.68 bits per heavy atom. The van der Waals surface area contributed by atoms with Crippen molar-refractivity contribution in [2.24, 2.45) is 0 Å². The number of carbonyl (C=O) groups excluding carboxylic acids is 2. The highest BCUT2D eigenvalue weighted by Gasteiger charge is 2.28. The Balaban J connectivity index is 1.63. The Hall–Kier alpha value is -3.57. The molecule has 1 aliphatic heterocycles. The predicted octanol–water partition coefficient (Wildman–Crippen LogP) is 4.55. The zero-order chi connectivity index (χ0) is 22.0. The molecule has 0 aliphatic carbocycles. The molecule has 4 rings (SSSR count). The van der Waals surface area contributed by atoms with E-state index >= 15 is 0 Å². The van der Waals surface area contributed by atoms with Crippen LogP contribution in [-0.4, -0.2) is 37.2 Å². The first kappa shape index (κ1) is 20.7. The van der Waals surface area contributed by atoms with Crippen LogP contribution in [-0.2, 0) is 17.7 Å². The van der Waals surface area contributed by atoms with E-state index in [2.05, 4.69) is 11.4 Å². The molecule has 0 bridgehead atoms. The van der Waals surface area contributed by atoms with Crippen molar-refractivity contribution in [3.63, 3.8) is 0 Å². The van der Waals surface area contributed by atoms with Crippen LogP contribution in [0.4, 0.5) is 9.80 Å². The van der Waals surface area contributed by atoms with Crippen molar-refractivity contribution < 1.29 is 19.1 Å². The van der Waals surface area contributed by atoms with Crippen LogP contribution in [0.5, 0.6) is 5.75 Å². The number of ether oxygens (including phenoxy) is 2. The molecule has 0 saturated heterocycles. The van der Waals surface area contributed by atoms with Crippen molar-refractivity contribution in [3.8, 4) is 11.8 Å². The summed E-state index contributed by atoms with van der Waals surface area (Å²) in [4.78, 5) is 27.7. The molecule has 0 radical (unpaired) electrons. The van der Waals surface area contributed by atoms with Gasteiger partial charge in [0.25, 0.3) is 5.91 Å². The number of nitrogens with one attached hydrogen (secondary N) is 1. The summed E-state index contributed by atoms with van der Waals surface area (Å²) in [5, 5.41) is 15.0. The monoisotopic (exact) mass is 435 g/mol. The molecule has 8 heteroatoms. The maximum atomic E-state index is 13.1. The number of fused-ring (bicyclic) bond motifs is 2. The number of thiophene rings is 1. The first-order chi connectivity index (χ1) is 15.0. The molecular formula is C23H21N3O4S. The van der Waals surface area contributed by atoms with Gasteiger partial charge in [-0.05, 0) is 41.8 Å². The van der Waals surface area contributed by atoms with Gasteiger partial charge in [0.1, 0.15) is 16.8 Å². The lowest BCUT2D eigenvalue weighted by Gasteiger charge is -2.25. The van der Waals surface area contributed by atoms with E-state index in [4.69, 9.17) is 9.47 Å². The molecule has 1 N–H and O–H groups in total. The summed E-state index contributed by atoms with van der Waals surface area (Å²) in [6, 6.07) is 13.5. The maximum Gasteiger partial charge on any atom is 0.410 e. The fourth-order valence-corrected chi connectivity index (χ4v) is 4.93. The first-order valence-corrected chi connectivity index (χ1v) is 10.7. The summed E-state index contributed by atoms with van der Waals surface area (Å²) in [6.07, 6.45) is 0.175. The lowest BCUT2D eigenvalue weighted by Crippen LogP contribution is -2.35. The van der Waals surface area contributed by atoms with Crippen LogP contribution < -0.4 is 10.1 Å². The third-order valence-electron chi connectivity index (χ3n) is 5.23. The third-order valence-corrected chi connectivity index (χ3v) is 6.37. The molecule has 0 atom stereocenters. The van der Waals surface area contributed by atoms with Gasteiger partial charge in [-0.1, -0.05) is 24.3 Å². The molecule has 31 heavy (non-hydrogen) atoms. The molecule has 158 valence electrons. The smallest absolute Gasteiger partial charge is 0.410 e. The van der Waals surface area contributed by atoms with Crippen LogP contribution >= 0.6 is 11.3 Å². The van der Waals surface area contributed by atoms with Gasteiger partial charge >= 0.3 is 6.09 Å². The number of nitriles is 1. The maximum absolute atomic E-state index is 13.1. The lowest BCUT2D eigenvalue weighted by atomic mass is 10.0. The molecule has 0 unspecified atom stereocenters. The van der Waals surface area contributed by atoms with E-state index < -0.39 is 0 Å². The Labute approximate surface area is 183 Å². The van der Waals surface area contributed by atoms with Crippen LogP contribution in [0.1, 0.15) is 33.3 Å². The highest BCUT2D eigenvalue weighted by molar-refractivity contribution is 7.16.